The van der Waals surface area contributed by atoms with Crippen molar-refractivity contribution in [3.63, 3.8) is 0 Å². The van der Waals surface area contributed by atoms with Crippen molar-refractivity contribution in [2.24, 2.45) is 0 Å². The molecule has 1 aromatic rings. The van der Waals surface area contributed by atoms with Crippen molar-refractivity contribution in [2.45, 2.75) is 0 Å². The van der Waals surface area contributed by atoms with E-state index in [1.165, 1.54) is 0 Å². The van der Waals surface area contributed by atoms with Gasteiger partial charge in [0, 0.05) is 6.20 Å². The van der Waals surface area contributed by atoms with Crippen molar-refractivity contribution in [3.05, 3.63) is 23.5 Å². The van der Waals surface area contributed by atoms with Gasteiger partial charge in [0.25, 0.3) is 0 Å². The number of pyridine rings is 1. The number of hydrogen-bond acceptors (Lipinski definition) is 3. The first-order valence-electron chi connectivity index (χ1n) is 3.06. The van der Waals surface area contributed by atoms with Crippen LogP contribution in [0.1, 0.15) is 0 Å². The summed E-state index contributed by atoms with van der Waals surface area (Å²) in [6, 6.07) is 1.68. The molecule has 0 aromatic carbocycles. The summed E-state index contributed by atoms with van der Waals surface area (Å²) in [6.45, 7) is 0. The molecule has 0 amide bonds. The quantitative estimate of drug-likeness (QED) is 0.709. The van der Waals surface area contributed by atoms with Crippen LogP contribution in [0.3, 0.4) is 0 Å². The van der Waals surface area contributed by atoms with Crippen molar-refractivity contribution in [2.75, 3.05) is 7.11 Å². The molecule has 0 aliphatic carbocycles. The number of ether oxygens (including phenoxy) is 1. The second kappa shape index (κ2) is 6.95. The van der Waals surface area contributed by atoms with Crippen LogP contribution in [0.2, 0.25) is 5.02 Å². The Morgan fingerprint density at radius 1 is 1.54 bits per heavy atom. The fraction of sp³-hybridized carbons (Fsp3) is 0.143. The van der Waals surface area contributed by atoms with E-state index < -0.39 is 4.70 Å². The second-order valence-corrected chi connectivity index (χ2v) is 3.02. The average Bonchev–Trinajstić information content (AvgIpc) is 2.04. The minimum Gasteiger partial charge on any atom is -0.494 e. The summed E-state index contributed by atoms with van der Waals surface area (Å²) < 4.78 is 3.96. The average molecular weight is 242 g/mol. The number of halogens is 3. The van der Waals surface area contributed by atoms with Gasteiger partial charge in [0.2, 0.25) is 0 Å². The lowest BCUT2D eigenvalue weighted by atomic mass is 10.5. The summed E-state index contributed by atoms with van der Waals surface area (Å²) in [5.74, 6) is 0.610. The summed E-state index contributed by atoms with van der Waals surface area (Å²) in [4.78, 5) is 12.8. The van der Waals surface area contributed by atoms with Crippen molar-refractivity contribution in [1.29, 1.82) is 0 Å². The topological polar surface area (TPSA) is 39.2 Å². The van der Waals surface area contributed by atoms with Crippen LogP contribution in [-0.4, -0.2) is 16.8 Å². The molecule has 0 radical (unpaired) electrons. The molecule has 0 aliphatic rings. The molecule has 0 spiro atoms. The van der Waals surface area contributed by atoms with E-state index in [1.807, 2.05) is 0 Å². The molecule has 0 fully saturated rings. The summed E-state index contributed by atoms with van der Waals surface area (Å²) in [6.07, 6.45) is 3.19. The van der Waals surface area contributed by atoms with E-state index >= 15 is 0 Å². The van der Waals surface area contributed by atoms with Crippen molar-refractivity contribution >= 4 is 39.5 Å². The number of aromatic nitrogens is 1. The van der Waals surface area contributed by atoms with Crippen LogP contribution in [0.4, 0.5) is 4.79 Å². The van der Waals surface area contributed by atoms with E-state index in [9.17, 15) is 0 Å². The van der Waals surface area contributed by atoms with Gasteiger partial charge in [0.15, 0.2) is 5.75 Å². The van der Waals surface area contributed by atoms with Gasteiger partial charge in [-0.3, -0.25) is 9.78 Å². The minimum absolute atomic E-state index is 0.590. The summed E-state index contributed by atoms with van der Waals surface area (Å²) in [7, 11) is 1.56. The molecule has 1 rings (SSSR count). The third kappa shape index (κ3) is 6.63. The molecule has 6 heteroatoms. The molecule has 0 aliphatic heterocycles. The Kier molecular flexibility index (Phi) is 6.68. The fourth-order valence-electron chi connectivity index (χ4n) is 0.513. The number of nitrogens with zero attached hydrogens (tertiary/aromatic N) is 1. The lowest BCUT2D eigenvalue weighted by molar-refractivity contribution is 0.275. The van der Waals surface area contributed by atoms with Crippen LogP contribution in [0.25, 0.3) is 0 Å². The predicted octanol–water partition coefficient (Wildman–Crippen LogP) is 3.33. The van der Waals surface area contributed by atoms with Crippen molar-refractivity contribution in [3.8, 4) is 5.75 Å². The Morgan fingerprint density at radius 3 is 2.38 bits per heavy atom. The van der Waals surface area contributed by atoms with Gasteiger partial charge in [-0.05, 0) is 29.3 Å². The van der Waals surface area contributed by atoms with Gasteiger partial charge in [0.05, 0.1) is 18.3 Å². The maximum Gasteiger partial charge on any atom is 0.313 e. The fourth-order valence-corrected chi connectivity index (χ4v) is 0.695. The Bertz CT molecular complexity index is 276. The van der Waals surface area contributed by atoms with Crippen LogP contribution in [-0.2, 0) is 0 Å². The van der Waals surface area contributed by atoms with E-state index in [0.717, 1.165) is 0 Å². The van der Waals surface area contributed by atoms with E-state index in [2.05, 4.69) is 28.2 Å². The third-order valence-electron chi connectivity index (χ3n) is 0.954. The zero-order valence-electron chi connectivity index (χ0n) is 6.63. The zero-order valence-corrected chi connectivity index (χ0v) is 8.90. The predicted molar refractivity (Wildman–Crippen MR) is 52.9 cm³/mol. The Balaban J connectivity index is 0.000000310. The van der Waals surface area contributed by atoms with Crippen LogP contribution in [0.15, 0.2) is 18.5 Å². The van der Waals surface area contributed by atoms with Gasteiger partial charge in [-0.2, -0.15) is 0 Å². The second-order valence-electron chi connectivity index (χ2n) is 1.74. The van der Waals surface area contributed by atoms with Crippen LogP contribution in [0, 0.1) is 0 Å². The highest BCUT2D eigenvalue weighted by Gasteiger charge is 1.94. The van der Waals surface area contributed by atoms with Crippen LogP contribution < -0.4 is 4.74 Å². The van der Waals surface area contributed by atoms with E-state index in [1.54, 1.807) is 25.6 Å². The summed E-state index contributed by atoms with van der Waals surface area (Å²) in [5, 5.41) is 0.590. The van der Waals surface area contributed by atoms with Crippen LogP contribution in [0.5, 0.6) is 5.75 Å². The lowest BCUT2D eigenvalue weighted by Gasteiger charge is -1.97. The standard InChI is InChI=1S/C6H6ClNO.CCl2O/c1-9-6-4-8-3-2-5(6)7;2-1(3)4/h2-4H,1H3;. The highest BCUT2D eigenvalue weighted by Crippen LogP contribution is 2.20. The van der Waals surface area contributed by atoms with Gasteiger partial charge in [-0.25, -0.2) is 0 Å². The number of carbonyl (C=O) groups excluding carboxylic acids is 1. The largest absolute Gasteiger partial charge is 0.494 e. The molecule has 0 saturated carbocycles. The van der Waals surface area contributed by atoms with Gasteiger partial charge < -0.3 is 4.74 Å². The normalized spacial score (nSPS) is 8.31. The molecule has 1 aromatic heterocycles. The number of hydrogen-bond donors (Lipinski definition) is 0. The molecule has 0 saturated heterocycles. The van der Waals surface area contributed by atoms with Gasteiger partial charge >= 0.3 is 4.70 Å². The first-order valence-corrected chi connectivity index (χ1v) is 4.19. The summed E-state index contributed by atoms with van der Waals surface area (Å²) in [5.41, 5.74) is 0. The van der Waals surface area contributed by atoms with Gasteiger partial charge in [0.1, 0.15) is 0 Å². The number of rotatable bonds is 1. The first-order chi connectivity index (χ1) is 6.07. The highest BCUT2D eigenvalue weighted by atomic mass is 35.5. The Hall–Kier alpha value is -0.510. The highest BCUT2D eigenvalue weighted by molar-refractivity contribution is 6.93. The van der Waals surface area contributed by atoms with E-state index in [-0.39, 0.29) is 0 Å². The van der Waals surface area contributed by atoms with Crippen LogP contribution >= 0.6 is 34.8 Å². The number of carbonyl (C=O) groups is 1. The first kappa shape index (κ1) is 12.5. The summed E-state index contributed by atoms with van der Waals surface area (Å²) >= 11 is 14.5. The Labute approximate surface area is 90.6 Å². The van der Waals surface area contributed by atoms with Crippen molar-refractivity contribution in [1.82, 2.24) is 4.98 Å². The van der Waals surface area contributed by atoms with E-state index in [0.29, 0.717) is 10.8 Å². The van der Waals surface area contributed by atoms with Gasteiger partial charge in [-0.1, -0.05) is 11.6 Å². The molecule has 0 N–H and O–H groups in total. The maximum absolute atomic E-state index is 8.98. The number of methoxy groups -OCH3 is 1. The Morgan fingerprint density at radius 2 is 2.08 bits per heavy atom. The molecule has 13 heavy (non-hydrogen) atoms. The zero-order chi connectivity index (χ0) is 10.3. The smallest absolute Gasteiger partial charge is 0.313 e. The third-order valence-corrected chi connectivity index (χ3v) is 1.27. The molecule has 0 atom stereocenters. The van der Waals surface area contributed by atoms with Crippen molar-refractivity contribution < 1.29 is 9.53 Å². The molecule has 72 valence electrons. The van der Waals surface area contributed by atoms with E-state index in [4.69, 9.17) is 21.1 Å². The maximum atomic E-state index is 8.98. The molecular weight excluding hydrogens is 236 g/mol. The molecule has 0 bridgehead atoms. The SMILES string of the molecule is COc1cnccc1Cl.O=C(Cl)Cl. The molecule has 0 unspecified atom stereocenters. The molecular formula is C7H6Cl3NO2. The molecule has 1 heterocycles. The monoisotopic (exact) mass is 241 g/mol. The minimum atomic E-state index is -0.889. The lowest BCUT2D eigenvalue weighted by Crippen LogP contribution is -1.83. The van der Waals surface area contributed by atoms with Gasteiger partial charge in [-0.15, -0.1) is 0 Å². The molecule has 3 nitrogen and oxygen atoms in total.